The van der Waals surface area contributed by atoms with Crippen LogP contribution in [0.2, 0.25) is 5.02 Å². The standard InChI is InChI=1S/C12H18ClN/c1-3-4-9-14(2)10-11-7-5-6-8-12(11)13/h5-8H,3-4,9-10H2,1-2H3. The van der Waals surface area contributed by atoms with Crippen LogP contribution in [0.5, 0.6) is 0 Å². The number of hydrogen-bond acceptors (Lipinski definition) is 1. The fourth-order valence-electron chi connectivity index (χ4n) is 1.42. The average Bonchev–Trinajstić information content (AvgIpc) is 2.18. The van der Waals surface area contributed by atoms with Gasteiger partial charge in [0.25, 0.3) is 0 Å². The Labute approximate surface area is 91.7 Å². The van der Waals surface area contributed by atoms with Gasteiger partial charge in [-0.2, -0.15) is 0 Å². The molecule has 0 bridgehead atoms. The summed E-state index contributed by atoms with van der Waals surface area (Å²) in [6.07, 6.45) is 2.49. The first-order valence-electron chi connectivity index (χ1n) is 5.16. The summed E-state index contributed by atoms with van der Waals surface area (Å²) in [5.74, 6) is 0. The van der Waals surface area contributed by atoms with Crippen molar-refractivity contribution in [2.45, 2.75) is 26.3 Å². The second-order valence-electron chi connectivity index (χ2n) is 3.68. The monoisotopic (exact) mass is 211 g/mol. The van der Waals surface area contributed by atoms with E-state index in [1.807, 2.05) is 18.2 Å². The summed E-state index contributed by atoms with van der Waals surface area (Å²) in [7, 11) is 2.14. The van der Waals surface area contributed by atoms with Gasteiger partial charge in [-0.15, -0.1) is 0 Å². The van der Waals surface area contributed by atoms with Crippen molar-refractivity contribution < 1.29 is 0 Å². The molecule has 0 atom stereocenters. The topological polar surface area (TPSA) is 3.24 Å². The van der Waals surface area contributed by atoms with E-state index in [0.29, 0.717) is 0 Å². The van der Waals surface area contributed by atoms with Gasteiger partial charge in [-0.3, -0.25) is 0 Å². The predicted molar refractivity (Wildman–Crippen MR) is 62.7 cm³/mol. The molecule has 0 radical (unpaired) electrons. The maximum atomic E-state index is 6.08. The van der Waals surface area contributed by atoms with Gasteiger partial charge in [0.15, 0.2) is 0 Å². The van der Waals surface area contributed by atoms with Gasteiger partial charge in [-0.05, 0) is 31.6 Å². The van der Waals surface area contributed by atoms with Crippen LogP contribution in [-0.2, 0) is 6.54 Å². The summed E-state index contributed by atoms with van der Waals surface area (Å²) in [5, 5.41) is 0.871. The molecule has 1 aromatic rings. The average molecular weight is 212 g/mol. The lowest BCUT2D eigenvalue weighted by Gasteiger charge is -2.16. The Morgan fingerprint density at radius 2 is 2.00 bits per heavy atom. The van der Waals surface area contributed by atoms with Crippen molar-refractivity contribution in [3.8, 4) is 0 Å². The largest absolute Gasteiger partial charge is 0.302 e. The molecule has 1 aromatic carbocycles. The summed E-state index contributed by atoms with van der Waals surface area (Å²) in [6, 6.07) is 8.04. The van der Waals surface area contributed by atoms with Crippen LogP contribution in [0.3, 0.4) is 0 Å². The van der Waals surface area contributed by atoms with Gasteiger partial charge in [-0.1, -0.05) is 43.1 Å². The van der Waals surface area contributed by atoms with Gasteiger partial charge in [0, 0.05) is 11.6 Å². The first-order valence-corrected chi connectivity index (χ1v) is 5.53. The number of benzene rings is 1. The molecule has 0 heterocycles. The quantitative estimate of drug-likeness (QED) is 0.720. The summed E-state index contributed by atoms with van der Waals surface area (Å²) in [5.41, 5.74) is 1.22. The second kappa shape index (κ2) is 6.05. The molecule has 0 amide bonds. The molecule has 1 rings (SSSR count). The van der Waals surface area contributed by atoms with E-state index in [4.69, 9.17) is 11.6 Å². The van der Waals surface area contributed by atoms with Crippen molar-refractivity contribution in [3.63, 3.8) is 0 Å². The minimum atomic E-state index is 0.871. The molecule has 0 aliphatic carbocycles. The third-order valence-electron chi connectivity index (χ3n) is 2.29. The van der Waals surface area contributed by atoms with Gasteiger partial charge in [0.2, 0.25) is 0 Å². The SMILES string of the molecule is CCCCN(C)Cc1ccccc1Cl. The Morgan fingerprint density at radius 3 is 2.64 bits per heavy atom. The number of halogens is 1. The number of nitrogens with zero attached hydrogens (tertiary/aromatic N) is 1. The highest BCUT2D eigenvalue weighted by Crippen LogP contribution is 2.16. The molecule has 0 aliphatic rings. The van der Waals surface area contributed by atoms with Crippen molar-refractivity contribution in [1.82, 2.24) is 4.90 Å². The molecule has 0 saturated heterocycles. The highest BCUT2D eigenvalue weighted by atomic mass is 35.5. The van der Waals surface area contributed by atoms with Crippen molar-refractivity contribution in [1.29, 1.82) is 0 Å². The summed E-state index contributed by atoms with van der Waals surface area (Å²) >= 11 is 6.08. The molecular formula is C12H18ClN. The predicted octanol–water partition coefficient (Wildman–Crippen LogP) is 3.57. The smallest absolute Gasteiger partial charge is 0.0451 e. The molecule has 2 heteroatoms. The van der Waals surface area contributed by atoms with Crippen molar-refractivity contribution in [2.24, 2.45) is 0 Å². The highest BCUT2D eigenvalue weighted by molar-refractivity contribution is 6.31. The molecule has 78 valence electrons. The van der Waals surface area contributed by atoms with Gasteiger partial charge in [-0.25, -0.2) is 0 Å². The molecule has 0 spiro atoms. The van der Waals surface area contributed by atoms with Crippen LogP contribution in [0.15, 0.2) is 24.3 Å². The lowest BCUT2D eigenvalue weighted by atomic mass is 10.2. The molecule has 0 aliphatic heterocycles. The highest BCUT2D eigenvalue weighted by Gasteiger charge is 2.02. The van der Waals surface area contributed by atoms with Gasteiger partial charge in [0.1, 0.15) is 0 Å². The van der Waals surface area contributed by atoms with E-state index in [1.54, 1.807) is 0 Å². The van der Waals surface area contributed by atoms with E-state index >= 15 is 0 Å². The molecular weight excluding hydrogens is 194 g/mol. The van der Waals surface area contributed by atoms with Crippen LogP contribution in [0, 0.1) is 0 Å². The van der Waals surface area contributed by atoms with Crippen LogP contribution >= 0.6 is 11.6 Å². The Kier molecular flexibility index (Phi) is 4.99. The van der Waals surface area contributed by atoms with Crippen LogP contribution in [0.25, 0.3) is 0 Å². The minimum Gasteiger partial charge on any atom is -0.302 e. The fraction of sp³-hybridized carbons (Fsp3) is 0.500. The lowest BCUT2D eigenvalue weighted by molar-refractivity contribution is 0.321. The summed E-state index contributed by atoms with van der Waals surface area (Å²) < 4.78 is 0. The first kappa shape index (κ1) is 11.5. The van der Waals surface area contributed by atoms with Crippen LogP contribution in [0.4, 0.5) is 0 Å². The molecule has 0 unspecified atom stereocenters. The zero-order valence-corrected chi connectivity index (χ0v) is 9.72. The number of rotatable bonds is 5. The third kappa shape index (κ3) is 3.69. The molecule has 0 fully saturated rings. The van der Waals surface area contributed by atoms with Crippen LogP contribution < -0.4 is 0 Å². The summed E-state index contributed by atoms with van der Waals surface area (Å²) in [4.78, 5) is 2.31. The Bertz CT molecular complexity index is 273. The lowest BCUT2D eigenvalue weighted by Crippen LogP contribution is -2.19. The maximum Gasteiger partial charge on any atom is 0.0451 e. The zero-order valence-electron chi connectivity index (χ0n) is 8.96. The van der Waals surface area contributed by atoms with Gasteiger partial charge in [0.05, 0.1) is 0 Å². The fourth-order valence-corrected chi connectivity index (χ4v) is 1.62. The van der Waals surface area contributed by atoms with Crippen LogP contribution in [-0.4, -0.2) is 18.5 Å². The van der Waals surface area contributed by atoms with E-state index in [9.17, 15) is 0 Å². The van der Waals surface area contributed by atoms with E-state index < -0.39 is 0 Å². The van der Waals surface area contributed by atoms with Crippen LogP contribution in [0.1, 0.15) is 25.3 Å². The normalized spacial score (nSPS) is 10.9. The zero-order chi connectivity index (χ0) is 10.4. The van der Waals surface area contributed by atoms with Crippen molar-refractivity contribution in [2.75, 3.05) is 13.6 Å². The summed E-state index contributed by atoms with van der Waals surface area (Å²) in [6.45, 7) is 4.30. The number of unbranched alkanes of at least 4 members (excludes halogenated alkanes) is 1. The maximum absolute atomic E-state index is 6.08. The van der Waals surface area contributed by atoms with Gasteiger partial charge >= 0.3 is 0 Å². The molecule has 0 saturated carbocycles. The minimum absolute atomic E-state index is 0.871. The van der Waals surface area contributed by atoms with Gasteiger partial charge < -0.3 is 4.90 Å². The van der Waals surface area contributed by atoms with E-state index in [2.05, 4.69) is 24.9 Å². The Hall–Kier alpha value is -0.530. The van der Waals surface area contributed by atoms with E-state index in [1.165, 1.54) is 18.4 Å². The third-order valence-corrected chi connectivity index (χ3v) is 2.66. The molecule has 0 aromatic heterocycles. The second-order valence-corrected chi connectivity index (χ2v) is 4.09. The first-order chi connectivity index (χ1) is 6.74. The van der Waals surface area contributed by atoms with Crippen molar-refractivity contribution in [3.05, 3.63) is 34.9 Å². The Morgan fingerprint density at radius 1 is 1.29 bits per heavy atom. The molecule has 14 heavy (non-hydrogen) atoms. The Balaban J connectivity index is 2.47. The number of hydrogen-bond donors (Lipinski definition) is 0. The van der Waals surface area contributed by atoms with E-state index in [-0.39, 0.29) is 0 Å². The molecule has 1 nitrogen and oxygen atoms in total. The molecule has 0 N–H and O–H groups in total. The van der Waals surface area contributed by atoms with Crippen molar-refractivity contribution >= 4 is 11.6 Å². The van der Waals surface area contributed by atoms with E-state index in [0.717, 1.165) is 18.1 Å².